The first-order chi connectivity index (χ1) is 8.87. The Kier molecular flexibility index (Phi) is 3.78. The van der Waals surface area contributed by atoms with Crippen molar-refractivity contribution < 1.29 is 13.9 Å². The summed E-state index contributed by atoms with van der Waals surface area (Å²) >= 11 is 0. The molecule has 0 aromatic heterocycles. The first kappa shape index (κ1) is 13.8. The third kappa shape index (κ3) is 3.46. The summed E-state index contributed by atoms with van der Waals surface area (Å²) in [7, 11) is 0. The highest BCUT2D eigenvalue weighted by Crippen LogP contribution is 2.27. The van der Waals surface area contributed by atoms with Crippen LogP contribution >= 0.6 is 0 Å². The number of hydrogen-bond donors (Lipinski definition) is 0. The van der Waals surface area contributed by atoms with Gasteiger partial charge in [0.15, 0.2) is 0 Å². The molecular formula is C15H20FNO2. The van der Waals surface area contributed by atoms with Crippen LogP contribution in [0.2, 0.25) is 0 Å². The number of esters is 1. The highest BCUT2D eigenvalue weighted by Gasteiger charge is 2.34. The molecule has 1 saturated heterocycles. The average molecular weight is 265 g/mol. The molecule has 3 nitrogen and oxygen atoms in total. The molecule has 0 unspecified atom stereocenters. The molecule has 0 radical (unpaired) electrons. The third-order valence-electron chi connectivity index (χ3n) is 3.09. The van der Waals surface area contributed by atoms with Crippen molar-refractivity contribution in [2.24, 2.45) is 0 Å². The van der Waals surface area contributed by atoms with Crippen LogP contribution in [0.1, 0.15) is 33.6 Å². The van der Waals surface area contributed by atoms with Crippen LogP contribution in [0.25, 0.3) is 0 Å². The van der Waals surface area contributed by atoms with Crippen LogP contribution in [0, 0.1) is 5.82 Å². The molecule has 4 heteroatoms. The van der Waals surface area contributed by atoms with Gasteiger partial charge in [0.05, 0.1) is 0 Å². The molecule has 1 aliphatic heterocycles. The SMILES string of the molecule is CC(C)(C)OC(=O)[C@H]1CCCN1c1ccc(F)cc1. The summed E-state index contributed by atoms with van der Waals surface area (Å²) < 4.78 is 18.4. The molecule has 1 aliphatic rings. The Labute approximate surface area is 113 Å². The fourth-order valence-electron chi connectivity index (χ4n) is 2.32. The van der Waals surface area contributed by atoms with Crippen molar-refractivity contribution in [3.63, 3.8) is 0 Å². The predicted molar refractivity (Wildman–Crippen MR) is 72.6 cm³/mol. The first-order valence-corrected chi connectivity index (χ1v) is 6.62. The quantitative estimate of drug-likeness (QED) is 0.769. The van der Waals surface area contributed by atoms with E-state index >= 15 is 0 Å². The molecule has 0 spiro atoms. The van der Waals surface area contributed by atoms with E-state index in [1.807, 2.05) is 25.7 Å². The van der Waals surface area contributed by atoms with Crippen LogP contribution in [0.4, 0.5) is 10.1 Å². The van der Waals surface area contributed by atoms with Crippen LogP contribution in [0.15, 0.2) is 24.3 Å². The van der Waals surface area contributed by atoms with E-state index in [0.717, 1.165) is 25.1 Å². The summed E-state index contributed by atoms with van der Waals surface area (Å²) in [5.74, 6) is -0.467. The largest absolute Gasteiger partial charge is 0.458 e. The Morgan fingerprint density at radius 1 is 1.32 bits per heavy atom. The van der Waals surface area contributed by atoms with Gasteiger partial charge in [0.1, 0.15) is 17.5 Å². The molecule has 1 aromatic rings. The van der Waals surface area contributed by atoms with Gasteiger partial charge in [0, 0.05) is 12.2 Å². The highest BCUT2D eigenvalue weighted by atomic mass is 19.1. The van der Waals surface area contributed by atoms with Crippen molar-refractivity contribution in [2.45, 2.75) is 45.3 Å². The van der Waals surface area contributed by atoms with Gasteiger partial charge in [-0.15, -0.1) is 0 Å². The standard InChI is InChI=1S/C15H20FNO2/c1-15(2,3)19-14(18)13-5-4-10-17(13)12-8-6-11(16)7-9-12/h6-9,13H,4-5,10H2,1-3H3/t13-/m1/s1. The Morgan fingerprint density at radius 3 is 2.53 bits per heavy atom. The highest BCUT2D eigenvalue weighted by molar-refractivity contribution is 5.81. The van der Waals surface area contributed by atoms with Gasteiger partial charge in [-0.1, -0.05) is 0 Å². The molecule has 0 amide bonds. The van der Waals surface area contributed by atoms with Crippen molar-refractivity contribution in [1.82, 2.24) is 0 Å². The Hall–Kier alpha value is -1.58. The molecule has 1 atom stereocenters. The number of ether oxygens (including phenoxy) is 1. The molecule has 104 valence electrons. The summed E-state index contributed by atoms with van der Waals surface area (Å²) in [6, 6.07) is 5.99. The van der Waals surface area contributed by atoms with Crippen molar-refractivity contribution in [1.29, 1.82) is 0 Å². The van der Waals surface area contributed by atoms with Crippen molar-refractivity contribution in [3.05, 3.63) is 30.1 Å². The van der Waals surface area contributed by atoms with Gasteiger partial charge < -0.3 is 9.64 Å². The lowest BCUT2D eigenvalue weighted by atomic mass is 10.1. The van der Waals surface area contributed by atoms with Crippen LogP contribution in [0.3, 0.4) is 0 Å². The van der Waals surface area contributed by atoms with E-state index in [-0.39, 0.29) is 17.8 Å². The van der Waals surface area contributed by atoms with Crippen molar-refractivity contribution in [3.8, 4) is 0 Å². The second kappa shape index (κ2) is 5.19. The van der Waals surface area contributed by atoms with Crippen LogP contribution in [0.5, 0.6) is 0 Å². The van der Waals surface area contributed by atoms with E-state index in [2.05, 4.69) is 0 Å². The van der Waals surface area contributed by atoms with E-state index in [0.29, 0.717) is 0 Å². The fourth-order valence-corrected chi connectivity index (χ4v) is 2.32. The van der Waals surface area contributed by atoms with E-state index in [4.69, 9.17) is 4.74 Å². The number of nitrogens with zero attached hydrogens (tertiary/aromatic N) is 1. The molecule has 1 fully saturated rings. The minimum atomic E-state index is -0.478. The van der Waals surface area contributed by atoms with Gasteiger partial charge >= 0.3 is 5.97 Å². The maximum Gasteiger partial charge on any atom is 0.329 e. The normalized spacial score (nSPS) is 19.6. The Bertz CT molecular complexity index is 450. The Balaban J connectivity index is 2.12. The van der Waals surface area contributed by atoms with Gasteiger partial charge in [-0.25, -0.2) is 9.18 Å². The van der Waals surface area contributed by atoms with Crippen LogP contribution in [-0.4, -0.2) is 24.2 Å². The molecule has 0 saturated carbocycles. The second-order valence-corrected chi connectivity index (χ2v) is 5.86. The maximum absolute atomic E-state index is 12.9. The maximum atomic E-state index is 12.9. The van der Waals surface area contributed by atoms with Gasteiger partial charge in [-0.3, -0.25) is 0 Å². The zero-order chi connectivity index (χ0) is 14.0. The molecule has 2 rings (SSSR count). The van der Waals surface area contributed by atoms with Crippen LogP contribution < -0.4 is 4.90 Å². The van der Waals surface area contributed by atoms with Crippen LogP contribution in [-0.2, 0) is 9.53 Å². The number of rotatable bonds is 2. The zero-order valence-electron chi connectivity index (χ0n) is 11.6. The third-order valence-corrected chi connectivity index (χ3v) is 3.09. The lowest BCUT2D eigenvalue weighted by molar-refractivity contribution is -0.156. The molecule has 1 aromatic carbocycles. The molecule has 1 heterocycles. The van der Waals surface area contributed by atoms with Crippen molar-refractivity contribution >= 4 is 11.7 Å². The number of hydrogen-bond acceptors (Lipinski definition) is 3. The molecule has 0 N–H and O–H groups in total. The minimum absolute atomic E-state index is 0.200. The zero-order valence-corrected chi connectivity index (χ0v) is 11.6. The molecular weight excluding hydrogens is 245 g/mol. The molecule has 19 heavy (non-hydrogen) atoms. The predicted octanol–water partition coefficient (Wildman–Crippen LogP) is 3.14. The average Bonchev–Trinajstić information content (AvgIpc) is 2.76. The summed E-state index contributed by atoms with van der Waals surface area (Å²) in [6.07, 6.45) is 1.73. The van der Waals surface area contributed by atoms with E-state index in [1.54, 1.807) is 12.1 Å². The monoisotopic (exact) mass is 265 g/mol. The van der Waals surface area contributed by atoms with Crippen molar-refractivity contribution in [2.75, 3.05) is 11.4 Å². The number of carbonyl (C=O) groups is 1. The van der Waals surface area contributed by atoms with E-state index < -0.39 is 5.60 Å². The lowest BCUT2D eigenvalue weighted by Crippen LogP contribution is -2.40. The smallest absolute Gasteiger partial charge is 0.329 e. The van der Waals surface area contributed by atoms with Gasteiger partial charge in [-0.05, 0) is 57.9 Å². The number of anilines is 1. The number of carbonyl (C=O) groups excluding carboxylic acids is 1. The molecule has 0 aliphatic carbocycles. The lowest BCUT2D eigenvalue weighted by Gasteiger charge is -2.28. The van der Waals surface area contributed by atoms with Gasteiger partial charge in [-0.2, -0.15) is 0 Å². The number of halogens is 1. The van der Waals surface area contributed by atoms with Gasteiger partial charge in [0.2, 0.25) is 0 Å². The summed E-state index contributed by atoms with van der Waals surface area (Å²) in [5.41, 5.74) is 0.392. The fraction of sp³-hybridized carbons (Fsp3) is 0.533. The summed E-state index contributed by atoms with van der Waals surface area (Å²) in [4.78, 5) is 14.2. The minimum Gasteiger partial charge on any atom is -0.458 e. The first-order valence-electron chi connectivity index (χ1n) is 6.62. The Morgan fingerprint density at radius 2 is 1.95 bits per heavy atom. The van der Waals surface area contributed by atoms with E-state index in [9.17, 15) is 9.18 Å². The topological polar surface area (TPSA) is 29.5 Å². The second-order valence-electron chi connectivity index (χ2n) is 5.86. The summed E-state index contributed by atoms with van der Waals surface area (Å²) in [6.45, 7) is 6.39. The number of benzene rings is 1. The molecule has 0 bridgehead atoms. The van der Waals surface area contributed by atoms with Gasteiger partial charge in [0.25, 0.3) is 0 Å². The summed E-state index contributed by atoms with van der Waals surface area (Å²) in [5, 5.41) is 0. The van der Waals surface area contributed by atoms with E-state index in [1.165, 1.54) is 12.1 Å².